The average Bonchev–Trinajstić information content (AvgIpc) is 2.61. The molecule has 0 bridgehead atoms. The lowest BCUT2D eigenvalue weighted by Crippen LogP contribution is -2.47. The summed E-state index contributed by atoms with van der Waals surface area (Å²) in [6.45, 7) is 16.4. The zero-order valence-corrected chi connectivity index (χ0v) is 16.2. The van der Waals surface area contributed by atoms with Crippen molar-refractivity contribution >= 4 is 11.6 Å². The molecule has 3 heteroatoms. The summed E-state index contributed by atoms with van der Waals surface area (Å²) in [6, 6.07) is 0. The number of aliphatic hydroxyl groups excluding tert-OH is 1. The van der Waals surface area contributed by atoms with Gasteiger partial charge in [-0.1, -0.05) is 34.6 Å². The Morgan fingerprint density at radius 2 is 1.77 bits per heavy atom. The van der Waals surface area contributed by atoms with Gasteiger partial charge in [0.05, 0.1) is 18.8 Å². The summed E-state index contributed by atoms with van der Waals surface area (Å²) in [4.78, 5) is -0.338. The van der Waals surface area contributed by atoms with Crippen LogP contribution in [0.2, 0.25) is 0 Å². The van der Waals surface area contributed by atoms with Crippen LogP contribution in [-0.4, -0.2) is 28.8 Å². The van der Waals surface area contributed by atoms with E-state index in [-0.39, 0.29) is 21.8 Å². The van der Waals surface area contributed by atoms with Crippen molar-refractivity contribution in [1.82, 2.24) is 0 Å². The number of alkyl halides is 1. The van der Waals surface area contributed by atoms with Crippen molar-refractivity contribution < 1.29 is 9.84 Å². The molecule has 2 nitrogen and oxygen atoms in total. The molecule has 1 aliphatic carbocycles. The van der Waals surface area contributed by atoms with Crippen LogP contribution >= 0.6 is 11.6 Å². The third-order valence-corrected chi connectivity index (χ3v) is 6.06. The van der Waals surface area contributed by atoms with Gasteiger partial charge in [-0.05, 0) is 61.7 Å². The minimum Gasteiger partial charge on any atom is -0.393 e. The topological polar surface area (TPSA) is 29.5 Å². The summed E-state index contributed by atoms with van der Waals surface area (Å²) >= 11 is 6.36. The van der Waals surface area contributed by atoms with Gasteiger partial charge in [-0.3, -0.25) is 0 Å². The maximum absolute atomic E-state index is 10.8. The van der Waals surface area contributed by atoms with Crippen LogP contribution in [0.1, 0.15) is 67.7 Å². The number of halogens is 1. The van der Waals surface area contributed by atoms with Crippen LogP contribution in [0.4, 0.5) is 0 Å². The number of hydrogen-bond donors (Lipinski definition) is 1. The zero-order chi connectivity index (χ0) is 16.9. The van der Waals surface area contributed by atoms with Gasteiger partial charge in [0.2, 0.25) is 0 Å². The van der Waals surface area contributed by atoms with Gasteiger partial charge in [0, 0.05) is 4.87 Å². The Bertz CT molecular complexity index is 391. The highest BCUT2D eigenvalue weighted by Crippen LogP contribution is 2.54. The van der Waals surface area contributed by atoms with Crippen molar-refractivity contribution in [3.8, 4) is 0 Å². The lowest BCUT2D eigenvalue weighted by molar-refractivity contribution is -0.0682. The predicted octanol–water partition coefficient (Wildman–Crippen LogP) is 4.87. The van der Waals surface area contributed by atoms with E-state index in [0.29, 0.717) is 30.3 Å². The summed E-state index contributed by atoms with van der Waals surface area (Å²) in [5.41, 5.74) is 0.418. The largest absolute Gasteiger partial charge is 0.393 e. The number of hydrogen-bond acceptors (Lipinski definition) is 2. The van der Waals surface area contributed by atoms with Crippen LogP contribution in [0.3, 0.4) is 0 Å². The van der Waals surface area contributed by atoms with Crippen LogP contribution in [0.15, 0.2) is 0 Å². The van der Waals surface area contributed by atoms with E-state index in [1.54, 1.807) is 0 Å². The first-order valence-electron chi connectivity index (χ1n) is 8.80. The van der Waals surface area contributed by atoms with Crippen LogP contribution in [-0.2, 0) is 4.74 Å². The van der Waals surface area contributed by atoms with Gasteiger partial charge >= 0.3 is 0 Å². The number of aliphatic hydroxyl groups is 1. The average molecular weight is 331 g/mol. The molecule has 0 aromatic carbocycles. The fourth-order valence-corrected chi connectivity index (χ4v) is 4.69. The Balaban J connectivity index is 2.21. The van der Waals surface area contributed by atoms with Crippen molar-refractivity contribution in [1.29, 1.82) is 0 Å². The molecule has 2 fully saturated rings. The zero-order valence-electron chi connectivity index (χ0n) is 15.4. The van der Waals surface area contributed by atoms with Gasteiger partial charge in [-0.2, -0.15) is 0 Å². The molecule has 22 heavy (non-hydrogen) atoms. The molecule has 1 aliphatic heterocycles. The summed E-state index contributed by atoms with van der Waals surface area (Å²) in [7, 11) is 0. The molecule has 2 aliphatic rings. The van der Waals surface area contributed by atoms with Gasteiger partial charge in [0.25, 0.3) is 0 Å². The molecule has 5 atom stereocenters. The molecule has 0 amide bonds. The highest BCUT2D eigenvalue weighted by Gasteiger charge is 2.53. The van der Waals surface area contributed by atoms with E-state index in [2.05, 4.69) is 34.6 Å². The van der Waals surface area contributed by atoms with Gasteiger partial charge in [-0.15, -0.1) is 11.6 Å². The monoisotopic (exact) mass is 330 g/mol. The second-order valence-electron chi connectivity index (χ2n) is 10.1. The molecular weight excluding hydrogens is 296 g/mol. The van der Waals surface area contributed by atoms with E-state index in [9.17, 15) is 5.11 Å². The molecule has 1 saturated carbocycles. The van der Waals surface area contributed by atoms with Gasteiger partial charge in [0.1, 0.15) is 0 Å². The molecule has 1 N–H and O–H groups in total. The fourth-order valence-electron chi connectivity index (χ4n) is 4.54. The number of rotatable bonds is 3. The molecule has 0 radical (unpaired) electrons. The second-order valence-corrected chi connectivity index (χ2v) is 11.1. The summed E-state index contributed by atoms with van der Waals surface area (Å²) < 4.78 is 6.23. The van der Waals surface area contributed by atoms with Crippen LogP contribution < -0.4 is 0 Å². The molecule has 1 saturated heterocycles. The van der Waals surface area contributed by atoms with Crippen LogP contribution in [0.25, 0.3) is 0 Å². The first-order chi connectivity index (χ1) is 9.81. The molecule has 2 rings (SSSR count). The maximum atomic E-state index is 10.8. The van der Waals surface area contributed by atoms with Gasteiger partial charge in [-0.25, -0.2) is 0 Å². The Morgan fingerprint density at radius 1 is 1.18 bits per heavy atom. The van der Waals surface area contributed by atoms with E-state index in [1.807, 2.05) is 13.8 Å². The van der Waals surface area contributed by atoms with E-state index in [0.717, 1.165) is 19.4 Å². The van der Waals surface area contributed by atoms with Gasteiger partial charge in [0.15, 0.2) is 0 Å². The summed E-state index contributed by atoms with van der Waals surface area (Å²) in [5, 5.41) is 10.8. The quantitative estimate of drug-likeness (QED) is 0.748. The van der Waals surface area contributed by atoms with Crippen molar-refractivity contribution in [2.75, 3.05) is 6.61 Å². The third kappa shape index (κ3) is 3.99. The molecule has 1 heterocycles. The van der Waals surface area contributed by atoms with E-state index in [1.165, 1.54) is 0 Å². The molecule has 0 spiro atoms. The van der Waals surface area contributed by atoms with Crippen LogP contribution in [0.5, 0.6) is 0 Å². The number of fused-ring (bicyclic) bond motifs is 1. The first-order valence-corrected chi connectivity index (χ1v) is 9.18. The minimum atomic E-state index is -0.338. The van der Waals surface area contributed by atoms with E-state index in [4.69, 9.17) is 16.3 Å². The molecule has 130 valence electrons. The van der Waals surface area contributed by atoms with Crippen molar-refractivity contribution in [2.24, 2.45) is 28.6 Å². The molecule has 0 aromatic heterocycles. The standard InChI is InChI=1S/C19H35ClO2/c1-17(2,3)13-8-12(15(21)10-19(6,7)20)9-14-16(13)22-11-18(14,4)5/h12-16,21H,8-11H2,1-7H3. The van der Waals surface area contributed by atoms with Crippen molar-refractivity contribution in [2.45, 2.75) is 84.8 Å². The first kappa shape index (κ1) is 18.5. The Morgan fingerprint density at radius 3 is 2.27 bits per heavy atom. The smallest absolute Gasteiger partial charge is 0.0642 e. The predicted molar refractivity (Wildman–Crippen MR) is 93.2 cm³/mol. The SMILES string of the molecule is CC(C)(Cl)CC(O)C1CC(C(C)(C)C)C2OCC(C)(C)C2C1. The van der Waals surface area contributed by atoms with Crippen molar-refractivity contribution in [3.63, 3.8) is 0 Å². The molecular formula is C19H35ClO2. The Hall–Kier alpha value is 0.210. The van der Waals surface area contributed by atoms with E-state index < -0.39 is 0 Å². The Kier molecular flexibility index (Phi) is 5.00. The summed E-state index contributed by atoms with van der Waals surface area (Å²) in [6.07, 6.45) is 2.82. The highest BCUT2D eigenvalue weighted by molar-refractivity contribution is 6.23. The lowest BCUT2D eigenvalue weighted by atomic mass is 9.58. The maximum Gasteiger partial charge on any atom is 0.0642 e. The second kappa shape index (κ2) is 5.93. The molecule has 5 unspecified atom stereocenters. The molecule has 0 aromatic rings. The van der Waals surface area contributed by atoms with Crippen molar-refractivity contribution in [3.05, 3.63) is 0 Å². The fraction of sp³-hybridized carbons (Fsp3) is 1.00. The van der Waals surface area contributed by atoms with E-state index >= 15 is 0 Å². The van der Waals surface area contributed by atoms with Gasteiger partial charge < -0.3 is 9.84 Å². The number of ether oxygens (including phenoxy) is 1. The summed E-state index contributed by atoms with van der Waals surface area (Å²) in [5.74, 6) is 1.39. The lowest BCUT2D eigenvalue weighted by Gasteiger charge is -2.47. The normalized spacial score (nSPS) is 37.0. The minimum absolute atomic E-state index is 0.207. The Labute approximate surface area is 142 Å². The highest BCUT2D eigenvalue weighted by atomic mass is 35.5. The van der Waals surface area contributed by atoms with Crippen LogP contribution in [0, 0.1) is 28.6 Å². The third-order valence-electron chi connectivity index (χ3n) is 5.91.